The lowest BCUT2D eigenvalue weighted by Gasteiger charge is -2.33. The molecule has 5 aliphatic rings. The standard InChI is InChI=1S/C93H144ClN23O21S2/c1-8-9-27-63-89(135)114-41-19-31-70(114)86(132)101-54(6)77(123)112-68(50-118)84(130)110-66(48-56-23-11-10-12-24-56)83(129)113-69(85(131)108-64(29-14-16-39-96)90(136)117-44-22-34-73(117)91(137)115-42-20-32-71(115)87(133)103-59(76(97)122)35-36-74(120)121)51-140-139-45-37-62(80(126)109-65(46-52(2)3)81(127)105-61(30-18-40-100-93(98)99)78(124)104-60(79(125)107-63)28-13-15-38-95)106-82(128)67(49-57-25-17-26-58(94)47-57)111-88(134)72-33-21-43-116(72)92(138)75(53(4)5)102-55(7)119/h10-12,17,23-26,47,52-54,59-73,75,118H,8-9,13-16,18-22,27-46,48-51,95-96H2,1-7H3,(H2,97,122)(H,101,132)(H,102,119)(H,103,133)(H,104,124)(H,105,127)(H,106,128)(H,107,125)(H,108,131)(H,109,126)(H,110,130)(H,111,134)(H,112,123)(H,113,129)(H,120,121)(H4,98,99,100)/t54-,59-,60?,61-,62?,63-,64-,65?,66-,67-,68-,69-,70-,71-,72-,73-,75-/m0/s1. The van der Waals surface area contributed by atoms with Crippen molar-refractivity contribution in [2.24, 2.45) is 34.8 Å². The molecule has 2 aromatic carbocycles. The number of hydrogen-bond donors (Lipinski definition) is 21. The number of amides is 18. The summed E-state index contributed by atoms with van der Waals surface area (Å²) >= 11 is 6.54. The fourth-order valence-corrected chi connectivity index (χ4v) is 19.9. The largest absolute Gasteiger partial charge is 0.481 e. The summed E-state index contributed by atoms with van der Waals surface area (Å²) in [5.41, 5.74) is 24.1. The second kappa shape index (κ2) is 58.7. The Balaban J connectivity index is 1.34. The highest BCUT2D eigenvalue weighted by atomic mass is 35.5. The summed E-state index contributed by atoms with van der Waals surface area (Å²) in [6, 6.07) is -9.66. The predicted molar refractivity (Wildman–Crippen MR) is 522 cm³/mol. The number of primary amides is 1. The number of rotatable bonds is 39. The fourth-order valence-electron chi connectivity index (χ4n) is 17.5. The fraction of sp³-hybridized carbons (Fsp3) is 0.656. The van der Waals surface area contributed by atoms with Gasteiger partial charge in [0.25, 0.3) is 0 Å². The first kappa shape index (κ1) is 115. The third-order valence-corrected chi connectivity index (χ3v) is 27.7. The molecule has 7 rings (SSSR count). The minimum absolute atomic E-state index is 0.00894. The van der Waals surface area contributed by atoms with Crippen molar-refractivity contribution < 1.29 is 101 Å². The highest BCUT2D eigenvalue weighted by molar-refractivity contribution is 8.76. The zero-order valence-electron chi connectivity index (χ0n) is 80.9. The number of carboxylic acids is 1. The Hall–Kier alpha value is -11.5. The van der Waals surface area contributed by atoms with E-state index in [-0.39, 0.29) is 166 Å². The zero-order chi connectivity index (χ0) is 103. The number of aliphatic carboxylic acids is 1. The summed E-state index contributed by atoms with van der Waals surface area (Å²) in [5.74, 6) is -18.2. The topological polar surface area (TPSA) is 674 Å². The molecule has 5 aliphatic heterocycles. The molecule has 0 aliphatic carbocycles. The van der Waals surface area contributed by atoms with Crippen LogP contribution in [-0.2, 0) is 104 Å². The van der Waals surface area contributed by atoms with Gasteiger partial charge in [0.05, 0.1) is 6.61 Å². The van der Waals surface area contributed by atoms with Gasteiger partial charge in [0.15, 0.2) is 5.96 Å². The van der Waals surface area contributed by atoms with Crippen LogP contribution >= 0.6 is 33.2 Å². The Labute approximate surface area is 828 Å². The molecular weight excluding hydrogens is 1870 g/mol. The van der Waals surface area contributed by atoms with E-state index in [2.05, 4.69) is 74.4 Å². The second-order valence-electron chi connectivity index (χ2n) is 36.8. The van der Waals surface area contributed by atoms with Crippen LogP contribution in [0.3, 0.4) is 0 Å². The van der Waals surface area contributed by atoms with Crippen molar-refractivity contribution in [2.75, 3.05) is 63.9 Å². The van der Waals surface area contributed by atoms with Crippen LogP contribution in [0.4, 0.5) is 0 Å². The van der Waals surface area contributed by atoms with Crippen LogP contribution in [0.25, 0.3) is 0 Å². The van der Waals surface area contributed by atoms with E-state index in [0.29, 0.717) is 56.1 Å². The van der Waals surface area contributed by atoms with E-state index in [1.165, 1.54) is 33.4 Å². The van der Waals surface area contributed by atoms with Crippen LogP contribution < -0.4 is 97.4 Å². The average Bonchev–Trinajstić information content (AvgIpc) is 1.65. The van der Waals surface area contributed by atoms with Gasteiger partial charge in [-0.1, -0.05) is 123 Å². The van der Waals surface area contributed by atoms with Crippen LogP contribution in [0.15, 0.2) is 54.6 Å². The van der Waals surface area contributed by atoms with Gasteiger partial charge in [-0.3, -0.25) is 96.5 Å². The Morgan fingerprint density at radius 1 is 0.550 bits per heavy atom. The zero-order valence-corrected chi connectivity index (χ0v) is 83.2. The number of aliphatic hydroxyl groups is 1. The van der Waals surface area contributed by atoms with Crippen molar-refractivity contribution in [3.8, 4) is 0 Å². The molecule has 25 N–H and O–H groups in total. The Morgan fingerprint density at radius 3 is 1.71 bits per heavy atom. The number of carboxylic acid groups (broad SMARTS) is 1. The number of guanidine groups is 1. The summed E-state index contributed by atoms with van der Waals surface area (Å²) in [7, 11) is 1.93. The highest BCUT2D eigenvalue weighted by Gasteiger charge is 2.48. The molecule has 18 amide bonds. The number of fused-ring (bicyclic) bond motifs is 1. The number of likely N-dealkylation sites (tertiary alicyclic amines) is 3. The lowest BCUT2D eigenvalue weighted by atomic mass is 10.0. The summed E-state index contributed by atoms with van der Waals surface area (Å²) in [4.78, 5) is 281. The number of unbranched alkanes of at least 4 members (excludes halogenated alkanes) is 3. The maximum absolute atomic E-state index is 15.7. The van der Waals surface area contributed by atoms with E-state index < -0.39 is 252 Å². The third-order valence-electron chi connectivity index (χ3n) is 25.0. The number of benzene rings is 2. The lowest BCUT2D eigenvalue weighted by Crippen LogP contribution is -2.61. The van der Waals surface area contributed by atoms with Crippen molar-refractivity contribution in [3.63, 3.8) is 0 Å². The first-order chi connectivity index (χ1) is 66.7. The minimum Gasteiger partial charge on any atom is -0.481 e. The third kappa shape index (κ3) is 36.2. The van der Waals surface area contributed by atoms with Gasteiger partial charge < -0.3 is 127 Å². The van der Waals surface area contributed by atoms with E-state index in [1.807, 2.05) is 6.92 Å². The molecule has 0 bridgehead atoms. The van der Waals surface area contributed by atoms with Crippen LogP contribution in [0, 0.1) is 17.2 Å². The molecule has 2 aromatic rings. The minimum atomic E-state index is -1.84. The summed E-state index contributed by atoms with van der Waals surface area (Å²) < 4.78 is 0. The summed E-state index contributed by atoms with van der Waals surface area (Å²) in [6.45, 7) is 10.8. The molecule has 5 fully saturated rings. The number of halogens is 1. The van der Waals surface area contributed by atoms with Gasteiger partial charge in [-0.25, -0.2) is 0 Å². The predicted octanol–water partition coefficient (Wildman–Crippen LogP) is -2.03. The SMILES string of the molecule is CCCC[C@@H]1NC(=O)C(CCCCN)NC(=O)[C@H](CCCNC(=N)N)NC(=O)C(CC(C)C)NC(=O)C(NC(=O)[C@H](Cc2cccc(Cl)c2)NC(=O)[C@@H]2CCCN2C(=O)[C@@H](NC(C)=O)C(C)C)CCSSC[C@@H](C(=O)N[C@@H](CCCCN)C(=O)N2CCC[C@H]2C(=O)N2CCC[C@H]2C(=O)N[C@@H](CCC(=O)O)C(N)=O)NC(=O)[C@H](Cc2ccccc2)NC(=O)[C@H](CO)NC(=O)[C@H](C)NC(=O)[C@@H]2CCCN2C1=O. The monoisotopic (exact) mass is 2020 g/mol. The molecule has 5 heterocycles. The van der Waals surface area contributed by atoms with Crippen LogP contribution in [0.2, 0.25) is 5.02 Å². The number of carbonyl (C=O) groups excluding carboxylic acids is 18. The molecule has 0 radical (unpaired) electrons. The molecule has 3 unspecified atom stereocenters. The number of aliphatic hydroxyl groups excluding tert-OH is 1. The lowest BCUT2D eigenvalue weighted by molar-refractivity contribution is -0.148. The maximum atomic E-state index is 15.7. The van der Waals surface area contributed by atoms with Gasteiger partial charge in [-0.15, -0.1) is 0 Å². The number of nitrogens with one attached hydrogen (secondary N) is 15. The second-order valence-corrected chi connectivity index (χ2v) is 39.9. The van der Waals surface area contributed by atoms with Crippen molar-refractivity contribution in [2.45, 2.75) is 312 Å². The maximum Gasteiger partial charge on any atom is 0.303 e. The quantitative estimate of drug-likeness (QED) is 0.0149. The molecular formula is C93H144ClN23O21S2. The van der Waals surface area contributed by atoms with E-state index >= 15 is 33.6 Å². The van der Waals surface area contributed by atoms with E-state index in [4.69, 9.17) is 39.9 Å². The van der Waals surface area contributed by atoms with Gasteiger partial charge >= 0.3 is 5.97 Å². The molecule has 17 atom stereocenters. The molecule has 140 heavy (non-hydrogen) atoms. The summed E-state index contributed by atoms with van der Waals surface area (Å²) in [6.07, 6.45) is 1.79. The van der Waals surface area contributed by atoms with E-state index in [9.17, 15) is 67.7 Å². The molecule has 44 nitrogen and oxygen atoms in total. The number of hydrogen-bond acceptors (Lipinski definition) is 25. The molecule has 0 spiro atoms. The van der Waals surface area contributed by atoms with Gasteiger partial charge in [-0.2, -0.15) is 0 Å². The van der Waals surface area contributed by atoms with Gasteiger partial charge in [0.2, 0.25) is 106 Å². The Morgan fingerprint density at radius 2 is 1.10 bits per heavy atom. The van der Waals surface area contributed by atoms with E-state index in [1.54, 1.807) is 82.3 Å². The van der Waals surface area contributed by atoms with Crippen molar-refractivity contribution in [1.29, 1.82) is 5.41 Å². The van der Waals surface area contributed by atoms with Gasteiger partial charge in [-0.05, 0) is 184 Å². The molecule has 5 saturated heterocycles. The molecule has 0 saturated carbocycles. The van der Waals surface area contributed by atoms with Crippen LogP contribution in [0.1, 0.15) is 207 Å². The molecule has 0 aromatic heterocycles. The van der Waals surface area contributed by atoms with Crippen molar-refractivity contribution in [3.05, 3.63) is 70.7 Å². The normalized spacial score (nSPS) is 24.1. The van der Waals surface area contributed by atoms with Crippen molar-refractivity contribution in [1.82, 2.24) is 94.0 Å². The van der Waals surface area contributed by atoms with Crippen LogP contribution in [0.5, 0.6) is 0 Å². The van der Waals surface area contributed by atoms with Crippen LogP contribution in [-0.4, -0.2) is 315 Å². The summed E-state index contributed by atoms with van der Waals surface area (Å²) in [5, 5.41) is 66.3. The van der Waals surface area contributed by atoms with E-state index in [0.717, 1.165) is 21.6 Å². The molecule has 47 heteroatoms. The number of carbonyl (C=O) groups is 19. The first-order valence-corrected chi connectivity index (χ1v) is 51.3. The Kier molecular flexibility index (Phi) is 48.4. The smallest absolute Gasteiger partial charge is 0.303 e. The van der Waals surface area contributed by atoms with Gasteiger partial charge in [0.1, 0.15) is 103 Å². The molecule has 776 valence electrons. The average molecular weight is 2020 g/mol. The highest BCUT2D eigenvalue weighted by Crippen LogP contribution is 2.30. The number of nitrogens with two attached hydrogens (primary N) is 4. The first-order valence-electron chi connectivity index (χ1n) is 48.5. The van der Waals surface area contributed by atoms with Gasteiger partial charge in [0, 0.05) is 75.4 Å². The van der Waals surface area contributed by atoms with Crippen molar-refractivity contribution >= 4 is 151 Å². The Bertz CT molecular complexity index is 4620. The number of nitrogens with zero attached hydrogens (tertiary/aromatic N) is 4.